The van der Waals surface area contributed by atoms with Crippen molar-refractivity contribution in [3.63, 3.8) is 0 Å². The van der Waals surface area contributed by atoms with E-state index in [0.717, 1.165) is 41.5 Å². The third kappa shape index (κ3) is 4.78. The zero-order valence-corrected chi connectivity index (χ0v) is 17.5. The van der Waals surface area contributed by atoms with E-state index in [9.17, 15) is 8.42 Å². The summed E-state index contributed by atoms with van der Waals surface area (Å²) in [5.74, 6) is 0. The summed E-state index contributed by atoms with van der Waals surface area (Å²) in [6.07, 6.45) is 9.58. The minimum absolute atomic E-state index is 0.169. The number of benzene rings is 1. The van der Waals surface area contributed by atoms with Crippen LogP contribution in [0.2, 0.25) is 0 Å². The Morgan fingerprint density at radius 2 is 1.96 bits per heavy atom. The van der Waals surface area contributed by atoms with E-state index in [1.807, 2.05) is 6.07 Å². The van der Waals surface area contributed by atoms with E-state index in [-0.39, 0.29) is 4.90 Å². The van der Waals surface area contributed by atoms with Crippen LogP contribution < -0.4 is 4.90 Å². The molecule has 7 heteroatoms. The van der Waals surface area contributed by atoms with Crippen molar-refractivity contribution in [3.05, 3.63) is 34.8 Å². The molecular weight excluding hydrogens is 388 g/mol. The van der Waals surface area contributed by atoms with Gasteiger partial charge in [-0.25, -0.2) is 13.4 Å². The van der Waals surface area contributed by atoms with Crippen molar-refractivity contribution in [2.24, 2.45) is 0 Å². The van der Waals surface area contributed by atoms with Gasteiger partial charge in [0.15, 0.2) is 5.13 Å². The van der Waals surface area contributed by atoms with E-state index in [2.05, 4.69) is 17.2 Å². The van der Waals surface area contributed by atoms with Crippen molar-refractivity contribution >= 4 is 41.9 Å². The van der Waals surface area contributed by atoms with E-state index < -0.39 is 9.05 Å². The number of aromatic nitrogens is 1. The first-order chi connectivity index (χ1) is 12.5. The van der Waals surface area contributed by atoms with Crippen LogP contribution in [-0.4, -0.2) is 19.9 Å². The first kappa shape index (κ1) is 19.6. The van der Waals surface area contributed by atoms with Crippen LogP contribution in [0, 0.1) is 0 Å². The summed E-state index contributed by atoms with van der Waals surface area (Å²) in [5, 5.41) is 3.14. The fraction of sp³-hybridized carbons (Fsp3) is 0.526. The highest BCUT2D eigenvalue weighted by Gasteiger charge is 2.24. The zero-order valence-electron chi connectivity index (χ0n) is 15.1. The normalized spacial score (nSPS) is 14.0. The Balaban J connectivity index is 1.61. The number of hydrogen-bond acceptors (Lipinski definition) is 5. The molecule has 0 amide bonds. The Morgan fingerprint density at radius 3 is 2.73 bits per heavy atom. The van der Waals surface area contributed by atoms with Gasteiger partial charge in [-0.15, -0.1) is 11.3 Å². The molecule has 0 N–H and O–H groups in total. The maximum Gasteiger partial charge on any atom is 0.261 e. The van der Waals surface area contributed by atoms with E-state index in [1.165, 1.54) is 38.5 Å². The molecule has 0 spiro atoms. The number of aryl methyl sites for hydroxylation is 1. The van der Waals surface area contributed by atoms with Crippen LogP contribution >= 0.6 is 22.0 Å². The average molecular weight is 413 g/mol. The molecule has 0 saturated heterocycles. The minimum Gasteiger partial charge on any atom is -0.317 e. The van der Waals surface area contributed by atoms with Gasteiger partial charge in [-0.1, -0.05) is 39.0 Å². The van der Waals surface area contributed by atoms with Gasteiger partial charge in [0.05, 0.1) is 10.6 Å². The standard InChI is InChI=1S/C19H25ClN2O2S2/c1-2-3-4-5-6-7-8-16-14-25-19(21-16)22-12-11-15-13-17(26(20,23)24)9-10-18(15)22/h9-10,13-14H,2-8,11-12H2,1H3. The maximum atomic E-state index is 11.5. The van der Waals surface area contributed by atoms with Crippen molar-refractivity contribution in [1.29, 1.82) is 0 Å². The second-order valence-corrected chi connectivity index (χ2v) is 10.2. The third-order valence-corrected chi connectivity index (χ3v) is 7.05. The molecule has 2 heterocycles. The average Bonchev–Trinajstić information content (AvgIpc) is 3.23. The number of anilines is 2. The van der Waals surface area contributed by atoms with Gasteiger partial charge in [-0.3, -0.25) is 0 Å². The predicted molar refractivity (Wildman–Crippen MR) is 109 cm³/mol. The molecule has 142 valence electrons. The molecule has 0 atom stereocenters. The van der Waals surface area contributed by atoms with Crippen LogP contribution in [0.25, 0.3) is 0 Å². The van der Waals surface area contributed by atoms with Gasteiger partial charge in [0, 0.05) is 28.3 Å². The molecule has 0 radical (unpaired) electrons. The predicted octanol–water partition coefficient (Wildman–Crippen LogP) is 5.67. The molecule has 0 unspecified atom stereocenters. The molecule has 0 aliphatic carbocycles. The van der Waals surface area contributed by atoms with Gasteiger partial charge in [-0.05, 0) is 43.0 Å². The fourth-order valence-electron chi connectivity index (χ4n) is 3.35. The number of unbranched alkanes of at least 4 members (excludes halogenated alkanes) is 5. The van der Waals surface area contributed by atoms with Gasteiger partial charge < -0.3 is 4.90 Å². The molecule has 2 aromatic rings. The smallest absolute Gasteiger partial charge is 0.261 e. The number of thiazole rings is 1. The van der Waals surface area contributed by atoms with Gasteiger partial charge in [0.2, 0.25) is 0 Å². The van der Waals surface area contributed by atoms with E-state index in [0.29, 0.717) is 0 Å². The molecule has 1 aliphatic rings. The highest BCUT2D eigenvalue weighted by molar-refractivity contribution is 8.13. The quantitative estimate of drug-likeness (QED) is 0.393. The lowest BCUT2D eigenvalue weighted by atomic mass is 10.1. The second-order valence-electron chi connectivity index (χ2n) is 6.77. The van der Waals surface area contributed by atoms with Crippen LogP contribution in [0.5, 0.6) is 0 Å². The Morgan fingerprint density at radius 1 is 1.19 bits per heavy atom. The summed E-state index contributed by atoms with van der Waals surface area (Å²) in [4.78, 5) is 7.14. The molecule has 4 nitrogen and oxygen atoms in total. The van der Waals surface area contributed by atoms with Crippen molar-refractivity contribution < 1.29 is 8.42 Å². The highest BCUT2D eigenvalue weighted by atomic mass is 35.7. The molecule has 26 heavy (non-hydrogen) atoms. The summed E-state index contributed by atoms with van der Waals surface area (Å²) >= 11 is 1.66. The Hall–Kier alpha value is -1.11. The number of rotatable bonds is 9. The van der Waals surface area contributed by atoms with Crippen molar-refractivity contribution in [1.82, 2.24) is 4.98 Å². The van der Waals surface area contributed by atoms with Crippen LogP contribution in [0.4, 0.5) is 10.8 Å². The monoisotopic (exact) mass is 412 g/mol. The van der Waals surface area contributed by atoms with Gasteiger partial charge in [-0.2, -0.15) is 0 Å². The lowest BCUT2D eigenvalue weighted by molar-refractivity contribution is 0.605. The van der Waals surface area contributed by atoms with Crippen molar-refractivity contribution in [2.75, 3.05) is 11.4 Å². The molecule has 0 saturated carbocycles. The minimum atomic E-state index is -3.68. The number of halogens is 1. The second kappa shape index (κ2) is 8.72. The number of fused-ring (bicyclic) bond motifs is 1. The van der Waals surface area contributed by atoms with Crippen LogP contribution in [0.3, 0.4) is 0 Å². The van der Waals surface area contributed by atoms with Crippen LogP contribution in [0.15, 0.2) is 28.5 Å². The molecule has 3 rings (SSSR count). The molecular formula is C19H25ClN2O2S2. The molecule has 1 aromatic carbocycles. The molecule has 0 fully saturated rings. The fourth-order valence-corrected chi connectivity index (χ4v) is 5.05. The first-order valence-electron chi connectivity index (χ1n) is 9.28. The van der Waals surface area contributed by atoms with E-state index in [4.69, 9.17) is 15.7 Å². The van der Waals surface area contributed by atoms with Gasteiger partial charge >= 0.3 is 0 Å². The SMILES string of the molecule is CCCCCCCCc1csc(N2CCc3cc(S(=O)(=O)Cl)ccc32)n1. The van der Waals surface area contributed by atoms with Crippen molar-refractivity contribution in [3.8, 4) is 0 Å². The summed E-state index contributed by atoms with van der Waals surface area (Å²) in [7, 11) is 1.77. The van der Waals surface area contributed by atoms with Gasteiger partial charge in [0.1, 0.15) is 0 Å². The van der Waals surface area contributed by atoms with E-state index >= 15 is 0 Å². The van der Waals surface area contributed by atoms with E-state index in [1.54, 1.807) is 23.5 Å². The third-order valence-electron chi connectivity index (χ3n) is 4.79. The van der Waals surface area contributed by atoms with Gasteiger partial charge in [0.25, 0.3) is 9.05 Å². The Bertz CT molecular complexity index is 849. The molecule has 1 aromatic heterocycles. The molecule has 0 bridgehead atoms. The maximum absolute atomic E-state index is 11.5. The van der Waals surface area contributed by atoms with Crippen LogP contribution in [0.1, 0.15) is 56.7 Å². The topological polar surface area (TPSA) is 50.3 Å². The summed E-state index contributed by atoms with van der Waals surface area (Å²) < 4.78 is 23.0. The Kier molecular flexibility index (Phi) is 6.59. The lowest BCUT2D eigenvalue weighted by Gasteiger charge is -2.15. The number of hydrogen-bond donors (Lipinski definition) is 0. The summed E-state index contributed by atoms with van der Waals surface area (Å²) in [6.45, 7) is 3.06. The Labute approximate surface area is 164 Å². The highest BCUT2D eigenvalue weighted by Crippen LogP contribution is 2.37. The largest absolute Gasteiger partial charge is 0.317 e. The first-order valence-corrected chi connectivity index (χ1v) is 12.5. The number of nitrogens with zero attached hydrogens (tertiary/aromatic N) is 2. The van der Waals surface area contributed by atoms with Crippen molar-refractivity contribution in [2.45, 2.75) is 63.2 Å². The summed E-state index contributed by atoms with van der Waals surface area (Å²) in [6, 6.07) is 5.10. The zero-order chi connectivity index (χ0) is 18.6. The lowest BCUT2D eigenvalue weighted by Crippen LogP contribution is -2.13. The summed E-state index contributed by atoms with van der Waals surface area (Å²) in [5.41, 5.74) is 3.21. The van der Waals surface area contributed by atoms with Crippen LogP contribution in [-0.2, 0) is 21.9 Å². The molecule has 1 aliphatic heterocycles.